The van der Waals surface area contributed by atoms with Crippen molar-refractivity contribution in [2.24, 2.45) is 11.8 Å². The molecule has 1 aliphatic carbocycles. The van der Waals surface area contributed by atoms with Crippen molar-refractivity contribution >= 4 is 9.84 Å². The summed E-state index contributed by atoms with van der Waals surface area (Å²) in [6.45, 7) is 5.11. The third-order valence-corrected chi connectivity index (χ3v) is 4.58. The van der Waals surface area contributed by atoms with E-state index in [2.05, 4.69) is 19.2 Å². The van der Waals surface area contributed by atoms with Gasteiger partial charge in [0.15, 0.2) is 0 Å². The van der Waals surface area contributed by atoms with Crippen molar-refractivity contribution in [2.75, 3.05) is 18.6 Å². The zero-order chi connectivity index (χ0) is 11.5. The minimum absolute atomic E-state index is 0.257. The van der Waals surface area contributed by atoms with Crippen molar-refractivity contribution in [3.8, 4) is 0 Å². The third-order valence-electron chi connectivity index (χ3n) is 3.63. The van der Waals surface area contributed by atoms with Gasteiger partial charge in [0.2, 0.25) is 0 Å². The smallest absolute Gasteiger partial charge is 0.148 e. The highest BCUT2D eigenvalue weighted by molar-refractivity contribution is 7.90. The van der Waals surface area contributed by atoms with Gasteiger partial charge >= 0.3 is 0 Å². The summed E-state index contributed by atoms with van der Waals surface area (Å²) in [5.41, 5.74) is 0. The molecule has 0 aromatic rings. The maximum atomic E-state index is 11.0. The molecule has 1 fully saturated rings. The molecule has 3 nitrogen and oxygen atoms in total. The fraction of sp³-hybridized carbons (Fsp3) is 1.00. The molecule has 4 heteroatoms. The van der Waals surface area contributed by atoms with E-state index in [4.69, 9.17) is 0 Å². The lowest BCUT2D eigenvalue weighted by Crippen LogP contribution is -2.35. The van der Waals surface area contributed by atoms with Crippen LogP contribution in [0.15, 0.2) is 0 Å². The highest BCUT2D eigenvalue weighted by atomic mass is 32.2. The molecule has 90 valence electrons. The second kappa shape index (κ2) is 5.30. The summed E-state index contributed by atoms with van der Waals surface area (Å²) in [5.74, 6) is 1.77. The molecular weight excluding hydrogens is 210 g/mol. The molecule has 0 bridgehead atoms. The predicted octanol–water partition coefficient (Wildman–Crippen LogP) is 1.45. The van der Waals surface area contributed by atoms with E-state index in [-0.39, 0.29) is 5.75 Å². The summed E-state index contributed by atoms with van der Waals surface area (Å²) in [5, 5.41) is 3.37. The molecule has 15 heavy (non-hydrogen) atoms. The molecule has 0 aromatic heterocycles. The largest absolute Gasteiger partial charge is 0.313 e. The summed E-state index contributed by atoms with van der Waals surface area (Å²) < 4.78 is 21.9. The van der Waals surface area contributed by atoms with E-state index in [1.807, 2.05) is 0 Å². The van der Waals surface area contributed by atoms with Crippen molar-refractivity contribution in [3.05, 3.63) is 0 Å². The monoisotopic (exact) mass is 233 g/mol. The normalized spacial score (nSPS) is 32.1. The first kappa shape index (κ1) is 13.0. The molecule has 1 saturated carbocycles. The Balaban J connectivity index is 2.29. The van der Waals surface area contributed by atoms with Crippen LogP contribution in [0.2, 0.25) is 0 Å². The molecule has 0 spiro atoms. The summed E-state index contributed by atoms with van der Waals surface area (Å²) >= 11 is 0. The first-order chi connectivity index (χ1) is 6.94. The Labute approximate surface area is 93.6 Å². The van der Waals surface area contributed by atoms with Crippen molar-refractivity contribution in [1.82, 2.24) is 5.32 Å². The van der Waals surface area contributed by atoms with E-state index in [0.29, 0.717) is 18.5 Å². The van der Waals surface area contributed by atoms with E-state index in [1.165, 1.54) is 25.5 Å². The van der Waals surface area contributed by atoms with Crippen LogP contribution in [-0.2, 0) is 9.84 Å². The number of hydrogen-bond donors (Lipinski definition) is 1. The SMILES string of the molecule is CCC1CCC(NCCS(C)(=O)=O)C1C. The Bertz CT molecular complexity index is 287. The Morgan fingerprint density at radius 3 is 2.47 bits per heavy atom. The van der Waals surface area contributed by atoms with Gasteiger partial charge in [-0.2, -0.15) is 0 Å². The Morgan fingerprint density at radius 1 is 1.33 bits per heavy atom. The van der Waals surface area contributed by atoms with Crippen LogP contribution in [0.25, 0.3) is 0 Å². The molecule has 0 aliphatic heterocycles. The molecule has 0 heterocycles. The van der Waals surface area contributed by atoms with Crippen LogP contribution in [0, 0.1) is 11.8 Å². The lowest BCUT2D eigenvalue weighted by atomic mass is 9.93. The topological polar surface area (TPSA) is 46.2 Å². The molecule has 1 aliphatic rings. The van der Waals surface area contributed by atoms with Gasteiger partial charge in [-0.3, -0.25) is 0 Å². The fourth-order valence-electron chi connectivity index (χ4n) is 2.54. The van der Waals surface area contributed by atoms with Crippen LogP contribution in [-0.4, -0.2) is 33.0 Å². The average Bonchev–Trinajstić information content (AvgIpc) is 2.46. The Kier molecular flexibility index (Phi) is 4.59. The van der Waals surface area contributed by atoms with Gasteiger partial charge in [0.1, 0.15) is 9.84 Å². The quantitative estimate of drug-likeness (QED) is 0.781. The summed E-state index contributed by atoms with van der Waals surface area (Å²) in [6.07, 6.45) is 5.02. The molecule has 3 unspecified atom stereocenters. The molecule has 1 N–H and O–H groups in total. The van der Waals surface area contributed by atoms with Crippen LogP contribution in [0.4, 0.5) is 0 Å². The van der Waals surface area contributed by atoms with Gasteiger partial charge in [0.05, 0.1) is 5.75 Å². The van der Waals surface area contributed by atoms with E-state index < -0.39 is 9.84 Å². The molecule has 0 saturated heterocycles. The second-order valence-electron chi connectivity index (χ2n) is 4.80. The maximum absolute atomic E-state index is 11.0. The maximum Gasteiger partial charge on any atom is 0.148 e. The van der Waals surface area contributed by atoms with Crippen LogP contribution in [0.1, 0.15) is 33.1 Å². The van der Waals surface area contributed by atoms with Gasteiger partial charge in [0.25, 0.3) is 0 Å². The van der Waals surface area contributed by atoms with Gasteiger partial charge in [-0.25, -0.2) is 8.42 Å². The molecule has 0 amide bonds. The second-order valence-corrected chi connectivity index (χ2v) is 7.06. The molecular formula is C11H23NO2S. The number of hydrogen-bond acceptors (Lipinski definition) is 3. The molecule has 0 aromatic carbocycles. The van der Waals surface area contributed by atoms with Crippen LogP contribution in [0.5, 0.6) is 0 Å². The molecule has 3 atom stereocenters. The number of nitrogens with one attached hydrogen (secondary N) is 1. The number of rotatable bonds is 5. The minimum Gasteiger partial charge on any atom is -0.313 e. The third kappa shape index (κ3) is 4.11. The lowest BCUT2D eigenvalue weighted by Gasteiger charge is -2.20. The summed E-state index contributed by atoms with van der Waals surface area (Å²) in [6, 6.07) is 0.525. The lowest BCUT2D eigenvalue weighted by molar-refractivity contribution is 0.349. The van der Waals surface area contributed by atoms with Gasteiger partial charge in [-0.1, -0.05) is 20.3 Å². The van der Waals surface area contributed by atoms with Crippen molar-refractivity contribution in [2.45, 2.75) is 39.2 Å². The molecule has 0 radical (unpaired) electrons. The zero-order valence-corrected chi connectivity index (χ0v) is 10.8. The highest BCUT2D eigenvalue weighted by Gasteiger charge is 2.30. The van der Waals surface area contributed by atoms with Crippen LogP contribution >= 0.6 is 0 Å². The minimum atomic E-state index is -2.81. The van der Waals surface area contributed by atoms with E-state index >= 15 is 0 Å². The standard InChI is InChI=1S/C11H23NO2S/c1-4-10-5-6-11(9(10)2)12-7-8-15(3,13)14/h9-12H,4-8H2,1-3H3. The predicted molar refractivity (Wildman–Crippen MR) is 63.7 cm³/mol. The summed E-state index contributed by atoms with van der Waals surface area (Å²) in [4.78, 5) is 0. The van der Waals surface area contributed by atoms with Crippen molar-refractivity contribution < 1.29 is 8.42 Å². The molecule has 1 rings (SSSR count). The Hall–Kier alpha value is -0.0900. The van der Waals surface area contributed by atoms with E-state index in [0.717, 1.165) is 5.92 Å². The van der Waals surface area contributed by atoms with E-state index in [9.17, 15) is 8.42 Å². The zero-order valence-electron chi connectivity index (χ0n) is 9.99. The first-order valence-electron chi connectivity index (χ1n) is 5.85. The fourth-order valence-corrected chi connectivity index (χ4v) is 3.03. The Morgan fingerprint density at radius 2 is 2.00 bits per heavy atom. The van der Waals surface area contributed by atoms with Gasteiger partial charge in [-0.15, -0.1) is 0 Å². The first-order valence-corrected chi connectivity index (χ1v) is 7.91. The van der Waals surface area contributed by atoms with Crippen LogP contribution < -0.4 is 5.32 Å². The van der Waals surface area contributed by atoms with Crippen LogP contribution in [0.3, 0.4) is 0 Å². The highest BCUT2D eigenvalue weighted by Crippen LogP contribution is 2.33. The number of sulfone groups is 1. The average molecular weight is 233 g/mol. The van der Waals surface area contributed by atoms with Gasteiger partial charge in [0, 0.05) is 18.8 Å². The van der Waals surface area contributed by atoms with Gasteiger partial charge < -0.3 is 5.32 Å². The van der Waals surface area contributed by atoms with Crippen molar-refractivity contribution in [1.29, 1.82) is 0 Å². The summed E-state index contributed by atoms with van der Waals surface area (Å²) in [7, 11) is -2.81. The van der Waals surface area contributed by atoms with E-state index in [1.54, 1.807) is 0 Å². The van der Waals surface area contributed by atoms with Crippen molar-refractivity contribution in [3.63, 3.8) is 0 Å². The van der Waals surface area contributed by atoms with Gasteiger partial charge in [-0.05, 0) is 24.7 Å².